The van der Waals surface area contributed by atoms with Crippen LogP contribution in [0.15, 0.2) is 73.4 Å². The first-order chi connectivity index (χ1) is 17.7. The van der Waals surface area contributed by atoms with Gasteiger partial charge in [0.05, 0.1) is 31.1 Å². The Hall–Kier alpha value is -3.18. The predicted octanol–water partition coefficient (Wildman–Crippen LogP) is 6.49. The molecule has 0 saturated carbocycles. The second kappa shape index (κ2) is 9.94. The Morgan fingerprint density at radius 2 is 1.97 bits per heavy atom. The van der Waals surface area contributed by atoms with Crippen molar-refractivity contribution in [3.8, 4) is 5.75 Å². The molecule has 0 N–H and O–H groups in total. The van der Waals surface area contributed by atoms with E-state index in [0.717, 1.165) is 52.8 Å². The number of fused-ring (bicyclic) bond motifs is 4. The van der Waals surface area contributed by atoms with Crippen LogP contribution in [-0.2, 0) is 16.1 Å². The predicted molar refractivity (Wildman–Crippen MR) is 147 cm³/mol. The van der Waals surface area contributed by atoms with Gasteiger partial charge in [0.2, 0.25) is 0 Å². The fourth-order valence-corrected chi connectivity index (χ4v) is 6.47. The summed E-state index contributed by atoms with van der Waals surface area (Å²) in [6.45, 7) is 13.0. The van der Waals surface area contributed by atoms with Crippen LogP contribution >= 0.6 is 0 Å². The highest BCUT2D eigenvalue weighted by Crippen LogP contribution is 2.49. The van der Waals surface area contributed by atoms with Crippen molar-refractivity contribution in [3.63, 3.8) is 0 Å². The van der Waals surface area contributed by atoms with E-state index in [4.69, 9.17) is 9.47 Å². The molecule has 5 heteroatoms. The molecule has 194 valence electrons. The van der Waals surface area contributed by atoms with Crippen molar-refractivity contribution in [2.75, 3.05) is 20.2 Å². The third kappa shape index (κ3) is 4.89. The van der Waals surface area contributed by atoms with Gasteiger partial charge in [-0.05, 0) is 51.0 Å². The lowest BCUT2D eigenvalue weighted by molar-refractivity contribution is -0.984. The van der Waals surface area contributed by atoms with Gasteiger partial charge in [0.25, 0.3) is 0 Å². The Balaban J connectivity index is 1.65. The van der Waals surface area contributed by atoms with Gasteiger partial charge in [-0.3, -0.25) is 9.78 Å². The zero-order valence-electron chi connectivity index (χ0n) is 22.5. The van der Waals surface area contributed by atoms with E-state index in [0.29, 0.717) is 11.8 Å². The smallest absolute Gasteiger partial charge is 0.312 e. The maximum Gasteiger partial charge on any atom is 0.312 e. The fourth-order valence-electron chi connectivity index (χ4n) is 6.47. The van der Waals surface area contributed by atoms with Crippen LogP contribution in [-0.4, -0.2) is 41.7 Å². The Labute approximate surface area is 220 Å². The van der Waals surface area contributed by atoms with Gasteiger partial charge in [0, 0.05) is 41.5 Å². The first-order valence-electron chi connectivity index (χ1n) is 13.4. The molecule has 3 aliphatic heterocycles. The number of esters is 1. The number of ether oxygens (including phenoxy) is 2. The topological polar surface area (TPSA) is 48.4 Å². The molecular formula is C32H39N2O3+. The quantitative estimate of drug-likeness (QED) is 0.212. The number of piperidine rings is 3. The lowest BCUT2D eigenvalue weighted by Crippen LogP contribution is -2.67. The number of methoxy groups -OCH3 is 1. The average Bonchev–Trinajstić information content (AvgIpc) is 2.91. The summed E-state index contributed by atoms with van der Waals surface area (Å²) in [5, 5.41) is 0.981. The Morgan fingerprint density at radius 3 is 2.68 bits per heavy atom. The minimum atomic E-state index is -0.601. The van der Waals surface area contributed by atoms with E-state index < -0.39 is 5.41 Å². The van der Waals surface area contributed by atoms with E-state index in [1.165, 1.54) is 12.0 Å². The number of hydrogen-bond acceptors (Lipinski definition) is 4. The van der Waals surface area contributed by atoms with Gasteiger partial charge in [-0.15, -0.1) is 6.58 Å². The normalized spacial score (nSPS) is 26.0. The highest BCUT2D eigenvalue weighted by Gasteiger charge is 2.55. The zero-order valence-corrected chi connectivity index (χ0v) is 22.5. The number of nitrogens with zero attached hydrogens (tertiary/aromatic N) is 2. The Bertz CT molecular complexity index is 1280. The molecule has 3 saturated heterocycles. The minimum Gasteiger partial charge on any atom is -0.497 e. The van der Waals surface area contributed by atoms with Gasteiger partial charge >= 0.3 is 5.97 Å². The largest absolute Gasteiger partial charge is 0.497 e. The van der Waals surface area contributed by atoms with Gasteiger partial charge in [-0.1, -0.05) is 36.4 Å². The lowest BCUT2D eigenvalue weighted by Gasteiger charge is -2.58. The van der Waals surface area contributed by atoms with E-state index in [-0.39, 0.29) is 18.1 Å². The summed E-state index contributed by atoms with van der Waals surface area (Å²) in [5.41, 5.74) is 2.61. The molecule has 5 atom stereocenters. The molecular weight excluding hydrogens is 460 g/mol. The third-order valence-corrected chi connectivity index (χ3v) is 8.50. The Morgan fingerprint density at radius 1 is 1.19 bits per heavy atom. The number of rotatable bonds is 7. The van der Waals surface area contributed by atoms with E-state index in [2.05, 4.69) is 48.0 Å². The van der Waals surface area contributed by atoms with E-state index >= 15 is 0 Å². The monoisotopic (exact) mass is 499 g/mol. The molecule has 0 spiro atoms. The summed E-state index contributed by atoms with van der Waals surface area (Å²) in [6, 6.07) is 18.9. The zero-order chi connectivity index (χ0) is 26.2. The first kappa shape index (κ1) is 25.5. The van der Waals surface area contributed by atoms with E-state index in [1.54, 1.807) is 7.11 Å². The number of carbonyl (C=O) groups is 1. The molecule has 3 aliphatic rings. The lowest BCUT2D eigenvalue weighted by atomic mass is 9.71. The molecule has 1 aromatic heterocycles. The number of quaternary nitrogens is 1. The second-order valence-electron chi connectivity index (χ2n) is 11.9. The maximum absolute atomic E-state index is 13.5. The Kier molecular flexibility index (Phi) is 6.84. The van der Waals surface area contributed by atoms with Crippen molar-refractivity contribution < 1.29 is 18.8 Å². The van der Waals surface area contributed by atoms with Gasteiger partial charge < -0.3 is 14.0 Å². The van der Waals surface area contributed by atoms with Crippen LogP contribution in [0.2, 0.25) is 0 Å². The molecule has 6 rings (SSSR count). The molecule has 0 aliphatic carbocycles. The molecule has 2 aromatic carbocycles. The number of benzene rings is 2. The van der Waals surface area contributed by atoms with Gasteiger partial charge in [-0.25, -0.2) is 0 Å². The van der Waals surface area contributed by atoms with Crippen LogP contribution in [0.5, 0.6) is 5.75 Å². The number of pyridine rings is 1. The summed E-state index contributed by atoms with van der Waals surface area (Å²) in [7, 11) is 1.68. The van der Waals surface area contributed by atoms with Crippen LogP contribution < -0.4 is 4.74 Å². The average molecular weight is 500 g/mol. The van der Waals surface area contributed by atoms with Gasteiger partial charge in [0.1, 0.15) is 18.3 Å². The van der Waals surface area contributed by atoms with Crippen molar-refractivity contribution in [1.29, 1.82) is 0 Å². The molecule has 3 fully saturated rings. The summed E-state index contributed by atoms with van der Waals surface area (Å²) in [5.74, 6) is 1.62. The van der Waals surface area contributed by atoms with Crippen LogP contribution in [0.3, 0.4) is 0 Å². The third-order valence-electron chi connectivity index (χ3n) is 8.50. The van der Waals surface area contributed by atoms with Crippen LogP contribution in [0.25, 0.3) is 10.9 Å². The maximum atomic E-state index is 13.5. The molecule has 0 amide bonds. The van der Waals surface area contributed by atoms with Crippen molar-refractivity contribution in [1.82, 2.24) is 4.98 Å². The summed E-state index contributed by atoms with van der Waals surface area (Å²) < 4.78 is 13.0. The minimum absolute atomic E-state index is 0.137. The summed E-state index contributed by atoms with van der Waals surface area (Å²) >= 11 is 0. The highest BCUT2D eigenvalue weighted by atomic mass is 16.5. The molecule has 5 nitrogen and oxygen atoms in total. The molecule has 37 heavy (non-hydrogen) atoms. The molecule has 3 aromatic rings. The molecule has 4 heterocycles. The van der Waals surface area contributed by atoms with Crippen molar-refractivity contribution >= 4 is 16.9 Å². The second-order valence-corrected chi connectivity index (χ2v) is 11.9. The number of aromatic nitrogens is 1. The van der Waals surface area contributed by atoms with Gasteiger partial charge in [-0.2, -0.15) is 0 Å². The van der Waals surface area contributed by atoms with Crippen molar-refractivity contribution in [2.24, 2.45) is 17.3 Å². The van der Waals surface area contributed by atoms with Crippen molar-refractivity contribution in [3.05, 3.63) is 84.6 Å². The van der Waals surface area contributed by atoms with Gasteiger partial charge in [0.15, 0.2) is 6.10 Å². The molecule has 2 bridgehead atoms. The number of carbonyl (C=O) groups excluding carboxylic acids is 1. The standard InChI is InChI=1S/C32H39N2O3/c1-6-23-21-34(20-22-10-8-7-9-11-22)17-15-24(23)18-29(34)30(37-31(35)32(2,3)4)26-14-16-33-28-13-12-25(36-5)19-27(26)28/h6-14,16,19,23-24,29-30H,1,15,17-18,20-21H2,2-5H3/q+1/t23-,24-,29+,30-,34+/m0/s1. The first-order valence-corrected chi connectivity index (χ1v) is 13.4. The van der Waals surface area contributed by atoms with Crippen LogP contribution in [0.4, 0.5) is 0 Å². The summed E-state index contributed by atoms with van der Waals surface area (Å²) in [4.78, 5) is 18.1. The fraction of sp³-hybridized carbons (Fsp3) is 0.438. The number of hydrogen-bond donors (Lipinski definition) is 0. The van der Waals surface area contributed by atoms with E-state index in [1.807, 2.05) is 51.2 Å². The SMILES string of the molecule is C=C[C@H]1C[N@+]2(Cc3ccccc3)CC[C@H]1C[C@@H]2[C@@H](OC(=O)C(C)(C)C)c1ccnc2ccc(OC)cc12. The van der Waals surface area contributed by atoms with E-state index in [9.17, 15) is 4.79 Å². The molecule has 0 radical (unpaired) electrons. The van der Waals surface area contributed by atoms with Crippen LogP contribution in [0, 0.1) is 17.3 Å². The van der Waals surface area contributed by atoms with Crippen molar-refractivity contribution in [2.45, 2.75) is 52.3 Å². The molecule has 0 unspecified atom stereocenters. The highest BCUT2D eigenvalue weighted by molar-refractivity contribution is 5.84. The van der Waals surface area contributed by atoms with Crippen LogP contribution in [0.1, 0.15) is 50.8 Å². The summed E-state index contributed by atoms with van der Waals surface area (Å²) in [6.07, 6.45) is 5.78.